The van der Waals surface area contributed by atoms with E-state index in [1.54, 1.807) is 4.90 Å². The summed E-state index contributed by atoms with van der Waals surface area (Å²) < 4.78 is 0. The average Bonchev–Trinajstić information content (AvgIpc) is 2.71. The zero-order chi connectivity index (χ0) is 19.9. The molecule has 0 aromatic heterocycles. The minimum absolute atomic E-state index is 0.0209. The molecule has 0 radical (unpaired) electrons. The van der Waals surface area contributed by atoms with Gasteiger partial charge in [-0.25, -0.2) is 0 Å². The van der Waals surface area contributed by atoms with Crippen LogP contribution in [0.2, 0.25) is 0 Å². The molecule has 3 rings (SSSR count). The van der Waals surface area contributed by atoms with E-state index in [0.29, 0.717) is 25.6 Å². The lowest BCUT2D eigenvalue weighted by Gasteiger charge is -2.32. The molecule has 1 saturated heterocycles. The Morgan fingerprint density at radius 1 is 1.00 bits per heavy atom. The molecule has 2 N–H and O–H groups in total. The number of carbonyl (C=O) groups excluding carboxylic acids is 3. The predicted octanol–water partition coefficient (Wildman–Crippen LogP) is 1.87. The van der Waals surface area contributed by atoms with E-state index >= 15 is 0 Å². The zero-order valence-corrected chi connectivity index (χ0v) is 16.2. The molecule has 0 saturated carbocycles. The smallest absolute Gasteiger partial charge is 0.241 e. The Labute approximate surface area is 165 Å². The van der Waals surface area contributed by atoms with Crippen molar-refractivity contribution in [2.45, 2.75) is 26.2 Å². The van der Waals surface area contributed by atoms with Crippen molar-refractivity contribution in [3.05, 3.63) is 48.0 Å². The van der Waals surface area contributed by atoms with Crippen LogP contribution in [0.4, 0.5) is 0 Å². The Morgan fingerprint density at radius 3 is 2.46 bits per heavy atom. The van der Waals surface area contributed by atoms with Gasteiger partial charge in [-0.15, -0.1) is 0 Å². The molecule has 1 aliphatic rings. The Bertz CT molecular complexity index is 852. The van der Waals surface area contributed by atoms with Crippen molar-refractivity contribution < 1.29 is 14.4 Å². The number of carbonyl (C=O) groups is 3. The molecule has 2 aromatic carbocycles. The van der Waals surface area contributed by atoms with E-state index in [0.717, 1.165) is 29.2 Å². The first-order valence-corrected chi connectivity index (χ1v) is 9.78. The van der Waals surface area contributed by atoms with Gasteiger partial charge in [-0.3, -0.25) is 14.4 Å². The quantitative estimate of drug-likeness (QED) is 0.802. The number of rotatable bonds is 6. The Hall–Kier alpha value is -2.89. The summed E-state index contributed by atoms with van der Waals surface area (Å²) in [5, 5.41) is 7.76. The van der Waals surface area contributed by atoms with Gasteiger partial charge in [0.05, 0.1) is 13.0 Å². The summed E-state index contributed by atoms with van der Waals surface area (Å²) in [6.07, 6.45) is 2.00. The highest BCUT2D eigenvalue weighted by molar-refractivity contribution is 5.91. The summed E-state index contributed by atoms with van der Waals surface area (Å²) >= 11 is 0. The maximum absolute atomic E-state index is 12.4. The van der Waals surface area contributed by atoms with E-state index in [1.165, 1.54) is 6.92 Å². The van der Waals surface area contributed by atoms with Gasteiger partial charge in [-0.1, -0.05) is 42.5 Å². The fraction of sp³-hybridized carbons (Fsp3) is 0.409. The van der Waals surface area contributed by atoms with Crippen LogP contribution in [0.15, 0.2) is 42.5 Å². The number of amides is 3. The number of nitrogens with zero attached hydrogens (tertiary/aromatic N) is 1. The van der Waals surface area contributed by atoms with Crippen molar-refractivity contribution in [2.75, 3.05) is 26.2 Å². The number of hydrogen-bond acceptors (Lipinski definition) is 3. The van der Waals surface area contributed by atoms with Crippen molar-refractivity contribution in [1.29, 1.82) is 0 Å². The maximum Gasteiger partial charge on any atom is 0.241 e. The normalized spacial score (nSPS) is 14.7. The molecular formula is C22H27N3O3. The van der Waals surface area contributed by atoms with E-state index in [2.05, 4.69) is 10.6 Å². The lowest BCUT2D eigenvalue weighted by Crippen LogP contribution is -2.45. The summed E-state index contributed by atoms with van der Waals surface area (Å²) in [7, 11) is 0. The third-order valence-electron chi connectivity index (χ3n) is 5.27. The number of benzene rings is 2. The van der Waals surface area contributed by atoms with Gasteiger partial charge in [0, 0.05) is 26.6 Å². The molecule has 0 bridgehead atoms. The summed E-state index contributed by atoms with van der Waals surface area (Å²) in [6, 6.07) is 13.9. The van der Waals surface area contributed by atoms with Gasteiger partial charge in [0.1, 0.15) is 0 Å². The van der Waals surface area contributed by atoms with Crippen molar-refractivity contribution in [1.82, 2.24) is 15.5 Å². The van der Waals surface area contributed by atoms with Crippen LogP contribution in [-0.4, -0.2) is 48.8 Å². The molecule has 1 fully saturated rings. The van der Waals surface area contributed by atoms with E-state index < -0.39 is 0 Å². The Morgan fingerprint density at radius 2 is 1.71 bits per heavy atom. The minimum atomic E-state index is -0.148. The van der Waals surface area contributed by atoms with Gasteiger partial charge in [-0.05, 0) is 35.1 Å². The number of nitrogens with one attached hydrogen (secondary N) is 2. The van der Waals surface area contributed by atoms with Gasteiger partial charge in [0.25, 0.3) is 0 Å². The lowest BCUT2D eigenvalue weighted by molar-refractivity contribution is -0.134. The standard InChI is InChI=1S/C22H27N3O3/c1-16(26)23-14-17-9-11-25(12-10-17)22(28)15-24-21(27)13-19-7-4-6-18-5-2-3-8-20(18)19/h2-8,17H,9-15H2,1H3,(H,23,26)(H,24,27). The first-order valence-electron chi connectivity index (χ1n) is 9.78. The van der Waals surface area contributed by atoms with Crippen molar-refractivity contribution in [3.8, 4) is 0 Å². The SMILES string of the molecule is CC(=O)NCC1CCN(C(=O)CNC(=O)Cc2cccc3ccccc23)CC1. The number of likely N-dealkylation sites (tertiary alicyclic amines) is 1. The lowest BCUT2D eigenvalue weighted by atomic mass is 9.96. The fourth-order valence-electron chi connectivity index (χ4n) is 3.64. The van der Waals surface area contributed by atoms with Gasteiger partial charge in [0.15, 0.2) is 0 Å². The van der Waals surface area contributed by atoms with Crippen molar-refractivity contribution in [3.63, 3.8) is 0 Å². The molecule has 6 nitrogen and oxygen atoms in total. The van der Waals surface area contributed by atoms with Crippen LogP contribution < -0.4 is 10.6 Å². The molecular weight excluding hydrogens is 354 g/mol. The molecule has 28 heavy (non-hydrogen) atoms. The molecule has 0 spiro atoms. The first kappa shape index (κ1) is 19.9. The molecule has 2 aromatic rings. The molecule has 1 aliphatic heterocycles. The molecule has 1 heterocycles. The van der Waals surface area contributed by atoms with Gasteiger partial charge >= 0.3 is 0 Å². The van der Waals surface area contributed by atoms with Gasteiger partial charge in [0.2, 0.25) is 17.7 Å². The Kier molecular flexibility index (Phi) is 6.63. The zero-order valence-electron chi connectivity index (χ0n) is 16.2. The second-order valence-corrected chi connectivity index (χ2v) is 7.35. The van der Waals surface area contributed by atoms with E-state index in [9.17, 15) is 14.4 Å². The largest absolute Gasteiger partial charge is 0.356 e. The molecule has 148 valence electrons. The van der Waals surface area contributed by atoms with Crippen LogP contribution >= 0.6 is 0 Å². The third kappa shape index (κ3) is 5.31. The molecule has 0 aliphatic carbocycles. The number of hydrogen-bond donors (Lipinski definition) is 2. The first-order chi connectivity index (χ1) is 13.5. The van der Waals surface area contributed by atoms with Crippen LogP contribution in [0.25, 0.3) is 10.8 Å². The topological polar surface area (TPSA) is 78.5 Å². The second-order valence-electron chi connectivity index (χ2n) is 7.35. The maximum atomic E-state index is 12.4. The summed E-state index contributed by atoms with van der Waals surface area (Å²) in [4.78, 5) is 37.5. The molecule has 0 atom stereocenters. The Balaban J connectivity index is 1.44. The van der Waals surface area contributed by atoms with E-state index in [1.807, 2.05) is 42.5 Å². The minimum Gasteiger partial charge on any atom is -0.356 e. The molecule has 3 amide bonds. The summed E-state index contributed by atoms with van der Waals surface area (Å²) in [5.74, 6) is 0.191. The van der Waals surface area contributed by atoms with Crippen LogP contribution in [0.3, 0.4) is 0 Å². The second kappa shape index (κ2) is 9.35. The van der Waals surface area contributed by atoms with E-state index in [4.69, 9.17) is 0 Å². The predicted molar refractivity (Wildman–Crippen MR) is 109 cm³/mol. The highest BCUT2D eigenvalue weighted by Crippen LogP contribution is 2.19. The fourth-order valence-corrected chi connectivity index (χ4v) is 3.64. The van der Waals surface area contributed by atoms with Crippen LogP contribution in [0.1, 0.15) is 25.3 Å². The molecule has 6 heteroatoms. The highest BCUT2D eigenvalue weighted by atomic mass is 16.2. The average molecular weight is 381 g/mol. The van der Waals surface area contributed by atoms with Crippen molar-refractivity contribution >= 4 is 28.5 Å². The third-order valence-corrected chi connectivity index (χ3v) is 5.27. The van der Waals surface area contributed by atoms with E-state index in [-0.39, 0.29) is 30.7 Å². The van der Waals surface area contributed by atoms with Crippen molar-refractivity contribution in [2.24, 2.45) is 5.92 Å². The van der Waals surface area contributed by atoms with Gasteiger partial charge in [-0.2, -0.15) is 0 Å². The summed E-state index contributed by atoms with van der Waals surface area (Å²) in [6.45, 7) is 3.54. The van der Waals surface area contributed by atoms with Crippen LogP contribution in [-0.2, 0) is 20.8 Å². The number of fused-ring (bicyclic) bond motifs is 1. The highest BCUT2D eigenvalue weighted by Gasteiger charge is 2.23. The monoisotopic (exact) mass is 381 g/mol. The summed E-state index contributed by atoms with van der Waals surface area (Å²) in [5.41, 5.74) is 0.960. The number of piperidine rings is 1. The molecule has 0 unspecified atom stereocenters. The van der Waals surface area contributed by atoms with Gasteiger partial charge < -0.3 is 15.5 Å². The van der Waals surface area contributed by atoms with Crippen LogP contribution in [0, 0.1) is 5.92 Å². The van der Waals surface area contributed by atoms with Crippen LogP contribution in [0.5, 0.6) is 0 Å².